The van der Waals surface area contributed by atoms with Crippen molar-refractivity contribution in [2.75, 3.05) is 26.2 Å². The number of allylic oxidation sites excluding steroid dienone is 1. The number of carboxylic acids is 3. The largest absolute Gasteiger partial charge is 0.481 e. The maximum atomic E-state index is 11.8. The highest BCUT2D eigenvalue weighted by atomic mass is 16.4. The first-order valence-corrected chi connectivity index (χ1v) is 12.3. The maximum Gasteiger partial charge on any atom is 0.312 e. The molecule has 7 heteroatoms. The number of hydrogen-bond donors (Lipinski definition) is 3. The highest BCUT2D eigenvalue weighted by Crippen LogP contribution is 2.25. The number of hydrogen-bond acceptors (Lipinski definition) is 3. The summed E-state index contributed by atoms with van der Waals surface area (Å²) < 4.78 is 0.247. The van der Waals surface area contributed by atoms with Crippen molar-refractivity contribution >= 4 is 17.9 Å². The Labute approximate surface area is 194 Å². The van der Waals surface area contributed by atoms with Gasteiger partial charge in [-0.25, -0.2) is 0 Å². The lowest BCUT2D eigenvalue weighted by atomic mass is 9.95. The van der Waals surface area contributed by atoms with Gasteiger partial charge in [-0.3, -0.25) is 14.4 Å². The van der Waals surface area contributed by atoms with Gasteiger partial charge in [0.25, 0.3) is 0 Å². The number of carbonyl (C=O) groups is 3. The van der Waals surface area contributed by atoms with E-state index < -0.39 is 35.7 Å². The van der Waals surface area contributed by atoms with Gasteiger partial charge in [-0.15, -0.1) is 6.58 Å². The number of aliphatic carboxylic acids is 3. The molecule has 0 fully saturated rings. The molecule has 0 rings (SSSR count). The van der Waals surface area contributed by atoms with Gasteiger partial charge in [0.15, 0.2) is 0 Å². The van der Waals surface area contributed by atoms with Crippen LogP contribution in [0.5, 0.6) is 0 Å². The second-order valence-electron chi connectivity index (χ2n) is 9.14. The second kappa shape index (κ2) is 16.7. The average molecular weight is 457 g/mol. The third-order valence-corrected chi connectivity index (χ3v) is 6.64. The average Bonchev–Trinajstić information content (AvgIpc) is 2.75. The Balaban J connectivity index is 5.62. The molecule has 0 aromatic carbocycles. The third kappa shape index (κ3) is 11.7. The lowest BCUT2D eigenvalue weighted by Gasteiger charge is -2.43. The van der Waals surface area contributed by atoms with Gasteiger partial charge in [0.05, 0.1) is 26.2 Å². The van der Waals surface area contributed by atoms with E-state index in [0.717, 1.165) is 44.9 Å². The first-order valence-electron chi connectivity index (χ1n) is 12.3. The summed E-state index contributed by atoms with van der Waals surface area (Å²) in [6.07, 6.45) is 10.6. The summed E-state index contributed by atoms with van der Waals surface area (Å²) in [5.41, 5.74) is 0. The predicted octanol–water partition coefficient (Wildman–Crippen LogP) is 5.05. The van der Waals surface area contributed by atoms with Crippen LogP contribution in [0.25, 0.3) is 0 Å². The number of rotatable bonds is 21. The SMILES string of the molecule is C=CCCCCCCCC[N+](CC(CC)C(=O)O)(CC(CC)C(=O)O)CC(CC)C(=O)O. The zero-order valence-electron chi connectivity index (χ0n) is 20.4. The standard InChI is InChI=1S/C25H45NO6/c1-5-9-10-11-12-13-14-15-16-26(17-20(6-2)23(27)28,18-21(7-3)24(29)30)19-22(8-4)25(31)32/h5,20-22H,1,6-19H2,2-4H3,(H2-,27,28,29,30,31,32)/p+1. The molecule has 0 saturated heterocycles. The van der Waals surface area contributed by atoms with Gasteiger partial charge in [0.2, 0.25) is 0 Å². The first kappa shape index (κ1) is 30.1. The number of carboxylic acid groups (broad SMARTS) is 3. The van der Waals surface area contributed by atoms with E-state index in [1.165, 1.54) is 0 Å². The predicted molar refractivity (Wildman–Crippen MR) is 126 cm³/mol. The molecule has 0 aliphatic carbocycles. The van der Waals surface area contributed by atoms with Crippen LogP contribution in [0.4, 0.5) is 0 Å². The Bertz CT molecular complexity index is 517. The minimum absolute atomic E-state index is 0.247. The van der Waals surface area contributed by atoms with Gasteiger partial charge in [0.1, 0.15) is 17.8 Å². The van der Waals surface area contributed by atoms with Crippen LogP contribution in [-0.2, 0) is 14.4 Å². The minimum atomic E-state index is -0.899. The molecule has 7 nitrogen and oxygen atoms in total. The third-order valence-electron chi connectivity index (χ3n) is 6.64. The van der Waals surface area contributed by atoms with Gasteiger partial charge < -0.3 is 19.8 Å². The highest BCUT2D eigenvalue weighted by molar-refractivity contribution is 5.71. The lowest BCUT2D eigenvalue weighted by Crippen LogP contribution is -2.58. The number of unbranched alkanes of at least 4 members (excludes halogenated alkanes) is 6. The molecule has 186 valence electrons. The Morgan fingerprint density at radius 2 is 1.03 bits per heavy atom. The molecule has 0 aromatic rings. The van der Waals surface area contributed by atoms with Crippen LogP contribution < -0.4 is 0 Å². The summed E-state index contributed by atoms with van der Waals surface area (Å²) >= 11 is 0. The zero-order valence-corrected chi connectivity index (χ0v) is 20.4. The van der Waals surface area contributed by atoms with E-state index >= 15 is 0 Å². The van der Waals surface area contributed by atoms with E-state index in [0.29, 0.717) is 25.8 Å². The van der Waals surface area contributed by atoms with Crippen LogP contribution >= 0.6 is 0 Å². The zero-order chi connectivity index (χ0) is 24.6. The Morgan fingerprint density at radius 3 is 1.34 bits per heavy atom. The monoisotopic (exact) mass is 456 g/mol. The molecule has 0 amide bonds. The molecule has 3 N–H and O–H groups in total. The van der Waals surface area contributed by atoms with Crippen LogP contribution in [0, 0.1) is 17.8 Å². The topological polar surface area (TPSA) is 112 Å². The van der Waals surface area contributed by atoms with Crippen molar-refractivity contribution in [1.82, 2.24) is 0 Å². The van der Waals surface area contributed by atoms with Crippen molar-refractivity contribution in [3.05, 3.63) is 12.7 Å². The quantitative estimate of drug-likeness (QED) is 0.127. The first-order chi connectivity index (χ1) is 15.2. The maximum absolute atomic E-state index is 11.8. The van der Waals surface area contributed by atoms with Crippen LogP contribution in [0.1, 0.15) is 85.0 Å². The summed E-state index contributed by atoms with van der Waals surface area (Å²) in [5.74, 6) is -4.55. The van der Waals surface area contributed by atoms with Gasteiger partial charge in [0, 0.05) is 0 Å². The fraction of sp³-hybridized carbons (Fsp3) is 0.800. The van der Waals surface area contributed by atoms with Crippen LogP contribution in [0.2, 0.25) is 0 Å². The molecule has 0 saturated carbocycles. The van der Waals surface area contributed by atoms with Crippen molar-refractivity contribution in [3.8, 4) is 0 Å². The molecule has 3 atom stereocenters. The second-order valence-corrected chi connectivity index (χ2v) is 9.14. The lowest BCUT2D eigenvalue weighted by molar-refractivity contribution is -0.935. The van der Waals surface area contributed by atoms with E-state index in [4.69, 9.17) is 0 Å². The smallest absolute Gasteiger partial charge is 0.312 e. The highest BCUT2D eigenvalue weighted by Gasteiger charge is 2.40. The molecule has 0 bridgehead atoms. The summed E-state index contributed by atoms with van der Waals surface area (Å²) in [5, 5.41) is 29.1. The van der Waals surface area contributed by atoms with E-state index in [-0.39, 0.29) is 24.1 Å². The van der Waals surface area contributed by atoms with E-state index in [1.54, 1.807) is 0 Å². The summed E-state index contributed by atoms with van der Waals surface area (Å²) in [7, 11) is 0. The van der Waals surface area contributed by atoms with Crippen LogP contribution in [-0.4, -0.2) is 63.9 Å². The van der Waals surface area contributed by atoms with Crippen molar-refractivity contribution in [2.45, 2.75) is 85.0 Å². The Kier molecular flexibility index (Phi) is 15.7. The molecule has 0 aliphatic rings. The van der Waals surface area contributed by atoms with Gasteiger partial charge in [-0.2, -0.15) is 0 Å². The van der Waals surface area contributed by atoms with Gasteiger partial charge >= 0.3 is 17.9 Å². The Hall–Kier alpha value is -1.89. The van der Waals surface area contributed by atoms with E-state index in [2.05, 4.69) is 6.58 Å². The molecular weight excluding hydrogens is 410 g/mol. The fourth-order valence-corrected chi connectivity index (χ4v) is 4.49. The fourth-order valence-electron chi connectivity index (χ4n) is 4.49. The molecule has 0 heterocycles. The van der Waals surface area contributed by atoms with Crippen LogP contribution in [0.3, 0.4) is 0 Å². The van der Waals surface area contributed by atoms with Crippen molar-refractivity contribution < 1.29 is 34.2 Å². The molecule has 0 spiro atoms. The summed E-state index contributed by atoms with van der Waals surface area (Å²) in [6.45, 7) is 10.6. The van der Waals surface area contributed by atoms with E-state index in [9.17, 15) is 29.7 Å². The molecule has 3 unspecified atom stereocenters. The Morgan fingerprint density at radius 1 is 0.688 bits per heavy atom. The molecular formula is C25H46NO6+. The van der Waals surface area contributed by atoms with Gasteiger partial charge in [-0.1, -0.05) is 46.1 Å². The van der Waals surface area contributed by atoms with Crippen molar-refractivity contribution in [3.63, 3.8) is 0 Å². The van der Waals surface area contributed by atoms with E-state index in [1.807, 2.05) is 26.8 Å². The van der Waals surface area contributed by atoms with Crippen molar-refractivity contribution in [2.24, 2.45) is 17.8 Å². The molecule has 0 aliphatic heterocycles. The number of nitrogens with zero attached hydrogens (tertiary/aromatic N) is 1. The summed E-state index contributed by atoms with van der Waals surface area (Å²) in [4.78, 5) is 35.5. The molecule has 32 heavy (non-hydrogen) atoms. The molecule has 0 radical (unpaired) electrons. The normalized spacial score (nSPS) is 16.0. The van der Waals surface area contributed by atoms with Crippen molar-refractivity contribution in [1.29, 1.82) is 0 Å². The van der Waals surface area contributed by atoms with Gasteiger partial charge in [-0.05, 0) is 44.9 Å². The molecule has 0 aromatic heterocycles. The number of quaternary nitrogens is 1. The summed E-state index contributed by atoms with van der Waals surface area (Å²) in [6, 6.07) is 0. The van der Waals surface area contributed by atoms with Crippen LogP contribution in [0.15, 0.2) is 12.7 Å². The minimum Gasteiger partial charge on any atom is -0.481 e.